The Morgan fingerprint density at radius 1 is 1.04 bits per heavy atom. The summed E-state index contributed by atoms with van der Waals surface area (Å²) in [6, 6.07) is 11.9. The standard InChI is InChI=1S/C18H20N8O/c27-13-7-4-11(5-8-13)19-16-2-1-3-17-21-18(24-26(16)17)20-12-6-9-14-15(10-12)23-25-22-14/h1-3,6,9-11,13,19,27H,4-5,7-8H2,(H,20,24)(H,22,23,25). The van der Waals surface area contributed by atoms with Crippen LogP contribution in [0.3, 0.4) is 0 Å². The van der Waals surface area contributed by atoms with Crippen LogP contribution in [-0.4, -0.2) is 47.3 Å². The summed E-state index contributed by atoms with van der Waals surface area (Å²) in [5.41, 5.74) is 3.21. The molecule has 138 valence electrons. The van der Waals surface area contributed by atoms with Gasteiger partial charge in [0.1, 0.15) is 16.9 Å². The van der Waals surface area contributed by atoms with Gasteiger partial charge in [-0.25, -0.2) is 0 Å². The minimum Gasteiger partial charge on any atom is -0.393 e. The molecule has 1 fully saturated rings. The van der Waals surface area contributed by atoms with Crippen molar-refractivity contribution >= 4 is 34.1 Å². The van der Waals surface area contributed by atoms with Crippen LogP contribution in [0.15, 0.2) is 36.4 Å². The Hall–Kier alpha value is -3.20. The average Bonchev–Trinajstić information content (AvgIpc) is 3.30. The normalized spacial score (nSPS) is 20.2. The van der Waals surface area contributed by atoms with Crippen LogP contribution in [0.5, 0.6) is 0 Å². The van der Waals surface area contributed by atoms with Gasteiger partial charge in [-0.2, -0.15) is 24.9 Å². The molecule has 4 N–H and O–H groups in total. The van der Waals surface area contributed by atoms with Gasteiger partial charge in [0, 0.05) is 11.7 Å². The number of pyridine rings is 1. The number of nitrogens with zero attached hydrogens (tertiary/aromatic N) is 5. The second kappa shape index (κ2) is 6.51. The van der Waals surface area contributed by atoms with Crippen LogP contribution >= 0.6 is 0 Å². The van der Waals surface area contributed by atoms with Crippen LogP contribution in [0.25, 0.3) is 16.7 Å². The van der Waals surface area contributed by atoms with Gasteiger partial charge in [-0.1, -0.05) is 6.07 Å². The Morgan fingerprint density at radius 2 is 1.89 bits per heavy atom. The highest BCUT2D eigenvalue weighted by Crippen LogP contribution is 2.24. The minimum absolute atomic E-state index is 0.164. The number of aromatic amines is 1. The summed E-state index contributed by atoms with van der Waals surface area (Å²) >= 11 is 0. The summed E-state index contributed by atoms with van der Waals surface area (Å²) < 4.78 is 1.81. The molecule has 1 aliphatic carbocycles. The lowest BCUT2D eigenvalue weighted by molar-refractivity contribution is 0.126. The average molecular weight is 364 g/mol. The smallest absolute Gasteiger partial charge is 0.247 e. The Kier molecular flexibility index (Phi) is 3.86. The maximum Gasteiger partial charge on any atom is 0.247 e. The monoisotopic (exact) mass is 364 g/mol. The number of hydrogen-bond acceptors (Lipinski definition) is 7. The third kappa shape index (κ3) is 3.17. The largest absolute Gasteiger partial charge is 0.393 e. The first-order valence-corrected chi connectivity index (χ1v) is 9.12. The number of hydrogen-bond donors (Lipinski definition) is 4. The SMILES string of the molecule is OC1CCC(Nc2cccc3nc(Nc4ccc5n[nH]nc5c4)nn23)CC1. The lowest BCUT2D eigenvalue weighted by Crippen LogP contribution is -2.29. The van der Waals surface area contributed by atoms with Crippen LogP contribution in [0, 0.1) is 0 Å². The van der Waals surface area contributed by atoms with Gasteiger partial charge in [-0.3, -0.25) is 0 Å². The fraction of sp³-hybridized carbons (Fsp3) is 0.333. The second-order valence-electron chi connectivity index (χ2n) is 6.92. The molecule has 4 aromatic rings. The molecule has 0 amide bonds. The van der Waals surface area contributed by atoms with Gasteiger partial charge in [0.2, 0.25) is 5.95 Å². The molecule has 0 aliphatic heterocycles. The van der Waals surface area contributed by atoms with Crippen molar-refractivity contribution in [2.75, 3.05) is 10.6 Å². The van der Waals surface area contributed by atoms with Crippen molar-refractivity contribution in [3.8, 4) is 0 Å². The first-order valence-electron chi connectivity index (χ1n) is 9.12. The van der Waals surface area contributed by atoms with E-state index in [0.717, 1.165) is 53.9 Å². The molecule has 1 saturated carbocycles. The summed E-state index contributed by atoms with van der Waals surface area (Å²) in [6.45, 7) is 0. The van der Waals surface area contributed by atoms with E-state index in [1.165, 1.54) is 0 Å². The van der Waals surface area contributed by atoms with Crippen molar-refractivity contribution in [1.82, 2.24) is 30.0 Å². The van der Waals surface area contributed by atoms with Gasteiger partial charge in [-0.15, -0.1) is 5.10 Å². The van der Waals surface area contributed by atoms with Crippen molar-refractivity contribution in [1.29, 1.82) is 0 Å². The topological polar surface area (TPSA) is 116 Å². The van der Waals surface area contributed by atoms with E-state index in [0.29, 0.717) is 12.0 Å². The van der Waals surface area contributed by atoms with Crippen LogP contribution in [0.2, 0.25) is 0 Å². The number of aliphatic hydroxyl groups is 1. The highest BCUT2D eigenvalue weighted by molar-refractivity contribution is 5.79. The quantitative estimate of drug-likeness (QED) is 0.439. The molecule has 0 bridgehead atoms. The zero-order chi connectivity index (χ0) is 18.2. The van der Waals surface area contributed by atoms with Gasteiger partial charge < -0.3 is 15.7 Å². The second-order valence-corrected chi connectivity index (χ2v) is 6.92. The Morgan fingerprint density at radius 3 is 2.78 bits per heavy atom. The molecule has 5 rings (SSSR count). The third-order valence-corrected chi connectivity index (χ3v) is 4.98. The molecule has 27 heavy (non-hydrogen) atoms. The summed E-state index contributed by atoms with van der Waals surface area (Å²) in [6.07, 6.45) is 3.41. The molecule has 0 unspecified atom stereocenters. The summed E-state index contributed by atoms with van der Waals surface area (Å²) in [5.74, 6) is 1.42. The van der Waals surface area contributed by atoms with Crippen molar-refractivity contribution in [3.05, 3.63) is 36.4 Å². The van der Waals surface area contributed by atoms with Crippen molar-refractivity contribution in [2.45, 2.75) is 37.8 Å². The Bertz CT molecular complexity index is 1080. The Balaban J connectivity index is 1.39. The fourth-order valence-electron chi connectivity index (χ4n) is 3.54. The molecule has 0 atom stereocenters. The number of rotatable bonds is 4. The van der Waals surface area contributed by atoms with E-state index in [4.69, 9.17) is 0 Å². The number of nitrogens with one attached hydrogen (secondary N) is 3. The molecular weight excluding hydrogens is 344 g/mol. The molecule has 0 radical (unpaired) electrons. The number of H-pyrrole nitrogens is 1. The summed E-state index contributed by atoms with van der Waals surface area (Å²) in [4.78, 5) is 4.56. The van der Waals surface area contributed by atoms with E-state index >= 15 is 0 Å². The first-order chi connectivity index (χ1) is 13.2. The molecule has 3 heterocycles. The first kappa shape index (κ1) is 16.0. The van der Waals surface area contributed by atoms with Crippen LogP contribution in [0.4, 0.5) is 17.5 Å². The zero-order valence-corrected chi connectivity index (χ0v) is 14.6. The van der Waals surface area contributed by atoms with E-state index in [9.17, 15) is 5.11 Å². The molecule has 0 spiro atoms. The number of benzene rings is 1. The van der Waals surface area contributed by atoms with Crippen molar-refractivity contribution < 1.29 is 5.11 Å². The maximum atomic E-state index is 9.69. The predicted octanol–water partition coefficient (Wildman–Crippen LogP) is 2.46. The minimum atomic E-state index is -0.164. The van der Waals surface area contributed by atoms with Gasteiger partial charge in [0.25, 0.3) is 0 Å². The predicted molar refractivity (Wildman–Crippen MR) is 102 cm³/mol. The fourth-order valence-corrected chi connectivity index (χ4v) is 3.54. The summed E-state index contributed by atoms with van der Waals surface area (Å²) in [5, 5.41) is 31.8. The van der Waals surface area contributed by atoms with E-state index in [2.05, 4.69) is 36.1 Å². The van der Waals surface area contributed by atoms with Crippen LogP contribution in [-0.2, 0) is 0 Å². The van der Waals surface area contributed by atoms with E-state index in [1.807, 2.05) is 40.9 Å². The van der Waals surface area contributed by atoms with E-state index in [-0.39, 0.29) is 6.10 Å². The number of aliphatic hydroxyl groups excluding tert-OH is 1. The molecule has 9 heteroatoms. The Labute approximate surface area is 154 Å². The number of anilines is 3. The third-order valence-electron chi connectivity index (χ3n) is 4.98. The molecular formula is C18H20N8O. The molecule has 1 aliphatic rings. The lowest BCUT2D eigenvalue weighted by atomic mass is 9.93. The van der Waals surface area contributed by atoms with E-state index in [1.54, 1.807) is 0 Å². The molecule has 9 nitrogen and oxygen atoms in total. The van der Waals surface area contributed by atoms with Gasteiger partial charge in [0.05, 0.1) is 6.10 Å². The molecule has 1 aromatic carbocycles. The highest BCUT2D eigenvalue weighted by atomic mass is 16.3. The van der Waals surface area contributed by atoms with Crippen molar-refractivity contribution in [2.24, 2.45) is 0 Å². The molecule has 3 aromatic heterocycles. The lowest BCUT2D eigenvalue weighted by Gasteiger charge is -2.26. The van der Waals surface area contributed by atoms with Crippen molar-refractivity contribution in [3.63, 3.8) is 0 Å². The summed E-state index contributed by atoms with van der Waals surface area (Å²) in [7, 11) is 0. The van der Waals surface area contributed by atoms with Crippen LogP contribution < -0.4 is 10.6 Å². The van der Waals surface area contributed by atoms with Crippen LogP contribution in [0.1, 0.15) is 25.7 Å². The van der Waals surface area contributed by atoms with Gasteiger partial charge in [-0.05, 0) is 56.0 Å². The highest BCUT2D eigenvalue weighted by Gasteiger charge is 2.20. The van der Waals surface area contributed by atoms with E-state index < -0.39 is 0 Å². The number of aromatic nitrogens is 6. The maximum absolute atomic E-state index is 9.69. The zero-order valence-electron chi connectivity index (χ0n) is 14.6. The number of fused-ring (bicyclic) bond motifs is 2. The molecule has 0 saturated heterocycles. The van der Waals surface area contributed by atoms with Gasteiger partial charge >= 0.3 is 0 Å². The van der Waals surface area contributed by atoms with Gasteiger partial charge in [0.15, 0.2) is 5.65 Å².